The van der Waals surface area contributed by atoms with Gasteiger partial charge in [0, 0.05) is 6.61 Å². The number of allylic oxidation sites excluding steroid dienone is 2. The molecule has 1 heteroatoms. The van der Waals surface area contributed by atoms with Crippen molar-refractivity contribution in [2.75, 3.05) is 6.61 Å². The van der Waals surface area contributed by atoms with E-state index in [2.05, 4.69) is 32.9 Å². The number of rotatable bonds is 1. The van der Waals surface area contributed by atoms with Gasteiger partial charge in [0.15, 0.2) is 0 Å². The molecule has 2 unspecified atom stereocenters. The zero-order chi connectivity index (χ0) is 8.48. The Labute approximate surface area is 69.1 Å². The lowest BCUT2D eigenvalue weighted by Gasteiger charge is -2.38. The van der Waals surface area contributed by atoms with Crippen molar-refractivity contribution in [3.63, 3.8) is 0 Å². The van der Waals surface area contributed by atoms with Gasteiger partial charge in [-0.15, -0.1) is 0 Å². The van der Waals surface area contributed by atoms with Crippen LogP contribution in [0.1, 0.15) is 27.2 Å². The predicted octanol–water partition coefficient (Wildman–Crippen LogP) is 2.22. The molecule has 0 amide bonds. The van der Waals surface area contributed by atoms with E-state index in [4.69, 9.17) is 5.11 Å². The first-order chi connectivity index (χ1) is 5.08. The highest BCUT2D eigenvalue weighted by molar-refractivity contribution is 5.02. The molecular weight excluding hydrogens is 136 g/mol. The van der Waals surface area contributed by atoms with E-state index in [0.717, 1.165) is 6.42 Å². The normalized spacial score (nSPS) is 35.6. The fourth-order valence-electron chi connectivity index (χ4n) is 2.00. The fourth-order valence-corrected chi connectivity index (χ4v) is 2.00. The smallest absolute Gasteiger partial charge is 0.0470 e. The molecule has 0 aromatic carbocycles. The molecule has 0 saturated carbocycles. The lowest BCUT2D eigenvalue weighted by Crippen LogP contribution is -2.33. The molecule has 11 heavy (non-hydrogen) atoms. The number of aliphatic hydroxyl groups is 1. The zero-order valence-corrected chi connectivity index (χ0v) is 7.67. The Morgan fingerprint density at radius 3 is 2.55 bits per heavy atom. The van der Waals surface area contributed by atoms with Crippen LogP contribution in [-0.4, -0.2) is 11.7 Å². The van der Waals surface area contributed by atoms with Gasteiger partial charge in [-0.25, -0.2) is 0 Å². The molecular formula is C10H18O. The molecule has 0 heterocycles. The monoisotopic (exact) mass is 154 g/mol. The minimum atomic E-state index is 0.281. The molecule has 0 radical (unpaired) electrons. The molecule has 1 nitrogen and oxygen atoms in total. The summed E-state index contributed by atoms with van der Waals surface area (Å²) in [5.74, 6) is 0.969. The highest BCUT2D eigenvalue weighted by atomic mass is 16.3. The van der Waals surface area contributed by atoms with Crippen LogP contribution in [0, 0.1) is 17.3 Å². The maximum Gasteiger partial charge on any atom is 0.0470 e. The minimum Gasteiger partial charge on any atom is -0.396 e. The molecule has 64 valence electrons. The Hall–Kier alpha value is -0.300. The summed E-state index contributed by atoms with van der Waals surface area (Å²) in [6.07, 6.45) is 5.55. The van der Waals surface area contributed by atoms with Gasteiger partial charge in [-0.1, -0.05) is 32.9 Å². The Morgan fingerprint density at radius 1 is 1.55 bits per heavy atom. The Morgan fingerprint density at radius 2 is 2.18 bits per heavy atom. The molecule has 2 atom stereocenters. The molecule has 0 spiro atoms. The van der Waals surface area contributed by atoms with Crippen LogP contribution in [0.15, 0.2) is 12.2 Å². The van der Waals surface area contributed by atoms with Gasteiger partial charge in [-0.05, 0) is 23.7 Å². The average Bonchev–Trinajstić information content (AvgIpc) is 1.86. The molecule has 1 aliphatic carbocycles. The summed E-state index contributed by atoms with van der Waals surface area (Å²) in [5, 5.41) is 9.16. The second kappa shape index (κ2) is 2.98. The van der Waals surface area contributed by atoms with E-state index < -0.39 is 0 Å². The molecule has 0 aromatic rings. The maximum absolute atomic E-state index is 9.16. The SMILES string of the molecule is CC1C=CCC(C)(C)C1CO. The van der Waals surface area contributed by atoms with Gasteiger partial charge in [-0.2, -0.15) is 0 Å². The minimum absolute atomic E-state index is 0.281. The van der Waals surface area contributed by atoms with Gasteiger partial charge in [0.25, 0.3) is 0 Å². The third-order valence-corrected chi connectivity index (χ3v) is 2.92. The number of aliphatic hydroxyl groups excluding tert-OH is 1. The fraction of sp³-hybridized carbons (Fsp3) is 0.800. The van der Waals surface area contributed by atoms with E-state index in [9.17, 15) is 0 Å². The van der Waals surface area contributed by atoms with Crippen LogP contribution in [0.2, 0.25) is 0 Å². The second-order valence-electron chi connectivity index (χ2n) is 4.27. The summed E-state index contributed by atoms with van der Waals surface area (Å²) in [4.78, 5) is 0. The van der Waals surface area contributed by atoms with Crippen molar-refractivity contribution in [3.8, 4) is 0 Å². The van der Waals surface area contributed by atoms with E-state index in [0.29, 0.717) is 18.4 Å². The molecule has 0 aromatic heterocycles. The molecule has 0 fully saturated rings. The number of hydrogen-bond acceptors (Lipinski definition) is 1. The van der Waals surface area contributed by atoms with E-state index >= 15 is 0 Å². The van der Waals surface area contributed by atoms with Crippen LogP contribution >= 0.6 is 0 Å². The second-order valence-corrected chi connectivity index (χ2v) is 4.27. The van der Waals surface area contributed by atoms with E-state index in [1.54, 1.807) is 0 Å². The average molecular weight is 154 g/mol. The molecule has 1 aliphatic rings. The largest absolute Gasteiger partial charge is 0.396 e. The standard InChI is InChI=1S/C10H18O/c1-8-5-4-6-10(2,3)9(8)7-11/h4-5,8-9,11H,6-7H2,1-3H3. The van der Waals surface area contributed by atoms with E-state index in [-0.39, 0.29) is 5.41 Å². The summed E-state index contributed by atoms with van der Waals surface area (Å²) in [5.41, 5.74) is 0.281. The van der Waals surface area contributed by atoms with Crippen molar-refractivity contribution in [1.29, 1.82) is 0 Å². The molecule has 0 aliphatic heterocycles. The van der Waals surface area contributed by atoms with Crippen molar-refractivity contribution >= 4 is 0 Å². The van der Waals surface area contributed by atoms with Crippen LogP contribution in [0.3, 0.4) is 0 Å². The summed E-state index contributed by atoms with van der Waals surface area (Å²) in [7, 11) is 0. The van der Waals surface area contributed by atoms with Crippen LogP contribution in [0.4, 0.5) is 0 Å². The molecule has 0 bridgehead atoms. The number of hydrogen-bond donors (Lipinski definition) is 1. The van der Waals surface area contributed by atoms with E-state index in [1.165, 1.54) is 0 Å². The highest BCUT2D eigenvalue weighted by Gasteiger charge is 2.33. The third-order valence-electron chi connectivity index (χ3n) is 2.92. The summed E-state index contributed by atoms with van der Waals surface area (Å²) < 4.78 is 0. The first kappa shape index (κ1) is 8.79. The first-order valence-corrected chi connectivity index (χ1v) is 4.35. The van der Waals surface area contributed by atoms with Gasteiger partial charge in [0.1, 0.15) is 0 Å². The lowest BCUT2D eigenvalue weighted by atomic mass is 9.68. The molecule has 1 N–H and O–H groups in total. The predicted molar refractivity (Wildman–Crippen MR) is 47.3 cm³/mol. The van der Waals surface area contributed by atoms with Gasteiger partial charge in [-0.3, -0.25) is 0 Å². The first-order valence-electron chi connectivity index (χ1n) is 4.35. The van der Waals surface area contributed by atoms with Crippen molar-refractivity contribution in [3.05, 3.63) is 12.2 Å². The Balaban J connectivity index is 2.76. The summed E-state index contributed by atoms with van der Waals surface area (Å²) in [6.45, 7) is 6.96. The van der Waals surface area contributed by atoms with Crippen LogP contribution in [0.25, 0.3) is 0 Å². The van der Waals surface area contributed by atoms with E-state index in [1.807, 2.05) is 0 Å². The quantitative estimate of drug-likeness (QED) is 0.574. The van der Waals surface area contributed by atoms with Gasteiger partial charge in [0.05, 0.1) is 0 Å². The van der Waals surface area contributed by atoms with Crippen molar-refractivity contribution in [2.24, 2.45) is 17.3 Å². The summed E-state index contributed by atoms with van der Waals surface area (Å²) in [6, 6.07) is 0. The van der Waals surface area contributed by atoms with Gasteiger partial charge < -0.3 is 5.11 Å². The van der Waals surface area contributed by atoms with Crippen LogP contribution in [0.5, 0.6) is 0 Å². The van der Waals surface area contributed by atoms with Crippen LogP contribution in [-0.2, 0) is 0 Å². The lowest BCUT2D eigenvalue weighted by molar-refractivity contribution is 0.0827. The Kier molecular flexibility index (Phi) is 2.38. The topological polar surface area (TPSA) is 20.2 Å². The van der Waals surface area contributed by atoms with Crippen molar-refractivity contribution < 1.29 is 5.11 Å². The summed E-state index contributed by atoms with van der Waals surface area (Å²) >= 11 is 0. The zero-order valence-electron chi connectivity index (χ0n) is 7.67. The molecule has 0 saturated heterocycles. The van der Waals surface area contributed by atoms with Crippen molar-refractivity contribution in [1.82, 2.24) is 0 Å². The van der Waals surface area contributed by atoms with Gasteiger partial charge >= 0.3 is 0 Å². The van der Waals surface area contributed by atoms with Crippen LogP contribution < -0.4 is 0 Å². The molecule has 1 rings (SSSR count). The van der Waals surface area contributed by atoms with Crippen molar-refractivity contribution in [2.45, 2.75) is 27.2 Å². The highest BCUT2D eigenvalue weighted by Crippen LogP contribution is 2.39. The maximum atomic E-state index is 9.16. The van der Waals surface area contributed by atoms with Gasteiger partial charge in [0.2, 0.25) is 0 Å². The Bertz CT molecular complexity index is 158. The third kappa shape index (κ3) is 1.64.